The van der Waals surface area contributed by atoms with Gasteiger partial charge in [0.25, 0.3) is 0 Å². The van der Waals surface area contributed by atoms with Gasteiger partial charge in [0, 0.05) is 24.7 Å². The molecule has 4 nitrogen and oxygen atoms in total. The Bertz CT molecular complexity index is 196. The maximum absolute atomic E-state index is 11.4. The molecule has 0 radical (unpaired) electrons. The van der Waals surface area contributed by atoms with Gasteiger partial charge in [0.2, 0.25) is 0 Å². The van der Waals surface area contributed by atoms with Gasteiger partial charge >= 0.3 is 6.18 Å². The number of aliphatic hydroxyl groups excluding tert-OH is 2. The van der Waals surface area contributed by atoms with Gasteiger partial charge in [0.05, 0.1) is 12.4 Å². The third kappa shape index (κ3) is 24.7. The molecule has 0 aliphatic heterocycles. The fourth-order valence-electron chi connectivity index (χ4n) is 0.744. The minimum atomic E-state index is -4.20. The molecule has 0 aliphatic rings. The summed E-state index contributed by atoms with van der Waals surface area (Å²) in [5.74, 6) is -1.94. The normalized spacial score (nSPS) is 10.7. The largest absolute Gasteiger partial charge is 0.549 e. The number of alkyl halides is 3. The second kappa shape index (κ2) is 13.0. The number of carboxylic acid groups (broad SMARTS) is 1. The maximum Gasteiger partial charge on any atom is 0.389 e. The van der Waals surface area contributed by atoms with Crippen LogP contribution >= 0.6 is 11.8 Å². The van der Waals surface area contributed by atoms with E-state index in [-0.39, 0.29) is 24.7 Å². The Morgan fingerprint density at radius 2 is 1.61 bits per heavy atom. The van der Waals surface area contributed by atoms with E-state index in [1.807, 2.05) is 0 Å². The molecule has 0 aromatic rings. The van der Waals surface area contributed by atoms with Crippen LogP contribution < -0.4 is 5.11 Å². The number of aliphatic carboxylic acids is 1. The van der Waals surface area contributed by atoms with Crippen molar-refractivity contribution in [2.45, 2.75) is 31.9 Å². The van der Waals surface area contributed by atoms with E-state index >= 15 is 0 Å². The van der Waals surface area contributed by atoms with Crippen molar-refractivity contribution in [2.24, 2.45) is 0 Å². The Balaban J connectivity index is 0. The van der Waals surface area contributed by atoms with E-state index in [9.17, 15) is 23.1 Å². The molecule has 0 amide bonds. The van der Waals surface area contributed by atoms with Crippen molar-refractivity contribution >= 4 is 17.7 Å². The molecule has 0 unspecified atom stereocenters. The number of halogens is 3. The number of carboxylic acids is 1. The zero-order valence-corrected chi connectivity index (χ0v) is 10.7. The van der Waals surface area contributed by atoms with Crippen LogP contribution in [0.2, 0.25) is 0 Å². The molecule has 0 atom stereocenters. The molecule has 0 aliphatic carbocycles. The Morgan fingerprint density at radius 3 is 1.94 bits per heavy atom. The Kier molecular flexibility index (Phi) is 14.3. The molecule has 2 N–H and O–H groups in total. The molecule has 0 heterocycles. The zero-order valence-electron chi connectivity index (χ0n) is 9.91. The summed E-state index contributed by atoms with van der Waals surface area (Å²) in [4.78, 5) is 9.71. The van der Waals surface area contributed by atoms with Crippen LogP contribution in [0.1, 0.15) is 25.7 Å². The van der Waals surface area contributed by atoms with Gasteiger partial charge in [-0.05, 0) is 19.3 Å². The predicted molar refractivity (Wildman–Crippen MR) is 61.0 cm³/mol. The Hall–Kier alpha value is -0.470. The van der Waals surface area contributed by atoms with Gasteiger partial charge in [-0.3, -0.25) is 0 Å². The fraction of sp³-hybridized carbons (Fsp3) is 0.900. The van der Waals surface area contributed by atoms with E-state index < -0.39 is 18.6 Å². The summed E-state index contributed by atoms with van der Waals surface area (Å²) in [6.45, 7) is 0.500. The lowest BCUT2D eigenvalue weighted by atomic mass is 10.2. The minimum absolute atomic E-state index is 0.225. The lowest BCUT2D eigenvalue weighted by Crippen LogP contribution is -2.24. The standard InChI is InChI=1S/C5H7F3O2S.C5H12O2/c6-5(7,8)1-2-11-3-4(9)10;6-4-2-1-3-5-7/h1-3H2,(H,9,10);6-7H,1-5H2/p-1. The van der Waals surface area contributed by atoms with Gasteiger partial charge in [0.15, 0.2) is 0 Å². The summed E-state index contributed by atoms with van der Waals surface area (Å²) in [7, 11) is 0. The molecule has 8 heteroatoms. The first kappa shape index (κ1) is 19.9. The molecule has 0 aromatic heterocycles. The number of aliphatic hydroxyl groups is 2. The highest BCUT2D eigenvalue weighted by Gasteiger charge is 2.25. The third-order valence-electron chi connectivity index (χ3n) is 1.57. The van der Waals surface area contributed by atoms with Crippen molar-refractivity contribution in [3.63, 3.8) is 0 Å². The lowest BCUT2D eigenvalue weighted by molar-refractivity contribution is -0.301. The predicted octanol–water partition coefficient (Wildman–Crippen LogP) is 0.563. The molecule has 0 bridgehead atoms. The van der Waals surface area contributed by atoms with E-state index in [0.717, 1.165) is 19.3 Å². The molecule has 0 rings (SSSR count). The summed E-state index contributed by atoms with van der Waals surface area (Å²) in [5.41, 5.74) is 0. The monoisotopic (exact) mass is 291 g/mol. The Morgan fingerprint density at radius 1 is 1.11 bits per heavy atom. The van der Waals surface area contributed by atoms with Crippen molar-refractivity contribution in [1.82, 2.24) is 0 Å². The number of thioether (sulfide) groups is 1. The smallest absolute Gasteiger partial charge is 0.389 e. The quantitative estimate of drug-likeness (QED) is 0.639. The number of hydrogen-bond donors (Lipinski definition) is 2. The lowest BCUT2D eigenvalue weighted by Gasteiger charge is -2.05. The summed E-state index contributed by atoms with van der Waals surface area (Å²) in [6.07, 6.45) is -2.57. The second-order valence-corrected chi connectivity index (χ2v) is 4.40. The number of unbranched alkanes of at least 4 members (excludes halogenated alkanes) is 2. The molecule has 0 fully saturated rings. The summed E-state index contributed by atoms with van der Waals surface area (Å²) in [5, 5.41) is 26.1. The van der Waals surface area contributed by atoms with E-state index in [0.29, 0.717) is 11.8 Å². The average Bonchev–Trinajstić information content (AvgIpc) is 2.25. The van der Waals surface area contributed by atoms with Crippen molar-refractivity contribution in [2.75, 3.05) is 24.7 Å². The highest BCUT2D eigenvalue weighted by atomic mass is 32.2. The van der Waals surface area contributed by atoms with Gasteiger partial charge in [-0.1, -0.05) is 0 Å². The molecular formula is C10H18F3O4S-. The highest BCUT2D eigenvalue weighted by Crippen LogP contribution is 2.21. The molecule has 0 spiro atoms. The van der Waals surface area contributed by atoms with Crippen LogP contribution in [0.5, 0.6) is 0 Å². The molecule has 0 aromatic carbocycles. The first-order valence-corrected chi connectivity index (χ1v) is 6.55. The SMILES string of the molecule is O=C([O-])CSCCC(F)(F)F.OCCCCCO. The van der Waals surface area contributed by atoms with Crippen molar-refractivity contribution in [3.05, 3.63) is 0 Å². The van der Waals surface area contributed by atoms with E-state index in [2.05, 4.69) is 0 Å². The van der Waals surface area contributed by atoms with Crippen LogP contribution in [-0.4, -0.2) is 47.1 Å². The van der Waals surface area contributed by atoms with Crippen molar-refractivity contribution in [3.8, 4) is 0 Å². The van der Waals surface area contributed by atoms with E-state index in [1.165, 1.54) is 0 Å². The van der Waals surface area contributed by atoms with Gasteiger partial charge in [-0.15, -0.1) is 0 Å². The average molecular weight is 291 g/mol. The number of rotatable bonds is 8. The van der Waals surface area contributed by atoms with Crippen LogP contribution in [0.4, 0.5) is 13.2 Å². The van der Waals surface area contributed by atoms with Gasteiger partial charge < -0.3 is 20.1 Å². The van der Waals surface area contributed by atoms with Gasteiger partial charge in [-0.2, -0.15) is 24.9 Å². The first-order valence-electron chi connectivity index (χ1n) is 5.39. The van der Waals surface area contributed by atoms with E-state index in [4.69, 9.17) is 10.2 Å². The van der Waals surface area contributed by atoms with Crippen LogP contribution in [0, 0.1) is 0 Å². The van der Waals surface area contributed by atoms with Crippen LogP contribution in [0.25, 0.3) is 0 Å². The highest BCUT2D eigenvalue weighted by molar-refractivity contribution is 7.99. The third-order valence-corrected chi connectivity index (χ3v) is 2.50. The van der Waals surface area contributed by atoms with Crippen LogP contribution in [0.15, 0.2) is 0 Å². The number of hydrogen-bond acceptors (Lipinski definition) is 5. The van der Waals surface area contributed by atoms with Crippen LogP contribution in [-0.2, 0) is 4.79 Å². The minimum Gasteiger partial charge on any atom is -0.549 e. The number of carbonyl (C=O) groups excluding carboxylic acids is 1. The first-order chi connectivity index (χ1) is 8.33. The van der Waals surface area contributed by atoms with Crippen molar-refractivity contribution < 1.29 is 33.3 Å². The van der Waals surface area contributed by atoms with Gasteiger partial charge in [-0.25, -0.2) is 0 Å². The summed E-state index contributed by atoms with van der Waals surface area (Å²) < 4.78 is 34.2. The van der Waals surface area contributed by atoms with Crippen LogP contribution in [0.3, 0.4) is 0 Å². The molecular weight excluding hydrogens is 273 g/mol. The van der Waals surface area contributed by atoms with Crippen molar-refractivity contribution in [1.29, 1.82) is 0 Å². The topological polar surface area (TPSA) is 80.6 Å². The summed E-state index contributed by atoms with van der Waals surface area (Å²) in [6, 6.07) is 0. The van der Waals surface area contributed by atoms with Gasteiger partial charge in [0.1, 0.15) is 0 Å². The molecule has 0 saturated heterocycles. The Labute approximate surface area is 108 Å². The molecule has 18 heavy (non-hydrogen) atoms. The summed E-state index contributed by atoms with van der Waals surface area (Å²) >= 11 is 0.706. The van der Waals surface area contributed by atoms with E-state index in [1.54, 1.807) is 0 Å². The zero-order chi connectivity index (χ0) is 14.4. The maximum atomic E-state index is 11.4. The fourth-order valence-corrected chi connectivity index (χ4v) is 1.43. The molecule has 0 saturated carbocycles. The molecule has 110 valence electrons. The second-order valence-electron chi connectivity index (χ2n) is 3.30. The number of carbonyl (C=O) groups is 1.